The number of rotatable bonds is 5. The van der Waals surface area contributed by atoms with E-state index in [1.54, 1.807) is 6.08 Å². The van der Waals surface area contributed by atoms with Crippen LogP contribution in [0, 0.1) is 0 Å². The lowest BCUT2D eigenvalue weighted by atomic mass is 10.2. The molecule has 0 spiro atoms. The van der Waals surface area contributed by atoms with Gasteiger partial charge in [0.15, 0.2) is 0 Å². The van der Waals surface area contributed by atoms with Crippen molar-refractivity contribution in [2.45, 2.75) is 19.4 Å². The molecule has 0 aromatic carbocycles. The number of aliphatic hydroxyl groups excluding tert-OH is 1. The minimum atomic E-state index is -1.12. The Kier molecular flexibility index (Phi) is 5.51. The van der Waals surface area contributed by atoms with Gasteiger partial charge in [0.1, 0.15) is 0 Å². The highest BCUT2D eigenvalue weighted by molar-refractivity contribution is 7.41. The number of hydrogen-bond donors (Lipinski definition) is 1. The van der Waals surface area contributed by atoms with Crippen LogP contribution < -0.4 is 0 Å². The van der Waals surface area contributed by atoms with Crippen molar-refractivity contribution in [2.75, 3.05) is 19.8 Å². The predicted molar refractivity (Wildman–Crippen MR) is 50.2 cm³/mol. The van der Waals surface area contributed by atoms with E-state index in [1.165, 1.54) is 0 Å². The summed E-state index contributed by atoms with van der Waals surface area (Å²) in [5.41, 5.74) is 0. The van der Waals surface area contributed by atoms with E-state index in [4.69, 9.17) is 13.6 Å². The number of aliphatic hydroxyl groups is 1. The number of hydrogen-bond acceptors (Lipinski definition) is 4. The van der Waals surface area contributed by atoms with Gasteiger partial charge in [-0.05, 0) is 6.92 Å². The average molecular weight is 206 g/mol. The van der Waals surface area contributed by atoms with Crippen LogP contribution in [0.5, 0.6) is 0 Å². The molecule has 1 heterocycles. The normalized spacial score (nSPS) is 21.4. The molecule has 0 amide bonds. The highest BCUT2D eigenvalue weighted by Crippen LogP contribution is 2.43. The van der Waals surface area contributed by atoms with Crippen molar-refractivity contribution in [3.8, 4) is 0 Å². The Hall–Kier alpha value is 0.0100. The molecule has 1 aliphatic heterocycles. The van der Waals surface area contributed by atoms with E-state index in [9.17, 15) is 5.11 Å². The fourth-order valence-corrected chi connectivity index (χ4v) is 1.83. The zero-order chi connectivity index (χ0) is 9.52. The van der Waals surface area contributed by atoms with Crippen molar-refractivity contribution in [2.24, 2.45) is 0 Å². The second kappa shape index (κ2) is 6.46. The van der Waals surface area contributed by atoms with E-state index in [1.807, 2.05) is 13.0 Å². The van der Waals surface area contributed by atoms with Crippen LogP contribution in [0.2, 0.25) is 0 Å². The lowest BCUT2D eigenvalue weighted by molar-refractivity contribution is 0.167. The van der Waals surface area contributed by atoms with Crippen LogP contribution in [0.15, 0.2) is 12.2 Å². The van der Waals surface area contributed by atoms with Crippen molar-refractivity contribution >= 4 is 8.60 Å². The summed E-state index contributed by atoms with van der Waals surface area (Å²) in [6, 6.07) is 0. The monoisotopic (exact) mass is 206 g/mol. The summed E-state index contributed by atoms with van der Waals surface area (Å²) in [5.74, 6) is 0. The molecule has 1 saturated heterocycles. The first-order valence-electron chi connectivity index (χ1n) is 4.32. The molecule has 5 heteroatoms. The maximum absolute atomic E-state index is 9.28. The minimum absolute atomic E-state index is 0.428. The van der Waals surface area contributed by atoms with Crippen LogP contribution in [0.3, 0.4) is 0 Å². The summed E-state index contributed by atoms with van der Waals surface area (Å²) in [4.78, 5) is 0. The van der Waals surface area contributed by atoms with Gasteiger partial charge in [0, 0.05) is 6.42 Å². The van der Waals surface area contributed by atoms with Crippen molar-refractivity contribution in [1.29, 1.82) is 0 Å². The summed E-state index contributed by atoms with van der Waals surface area (Å²) in [6.07, 6.45) is 3.70. The van der Waals surface area contributed by atoms with Gasteiger partial charge in [0.05, 0.1) is 25.9 Å². The molecule has 0 aromatic heterocycles. The molecule has 0 aromatic rings. The summed E-state index contributed by atoms with van der Waals surface area (Å²) >= 11 is 0. The van der Waals surface area contributed by atoms with E-state index < -0.39 is 14.7 Å². The second-order valence-electron chi connectivity index (χ2n) is 2.61. The highest BCUT2D eigenvalue weighted by Gasteiger charge is 2.18. The van der Waals surface area contributed by atoms with Gasteiger partial charge >= 0.3 is 8.60 Å². The third kappa shape index (κ3) is 4.69. The third-order valence-corrected chi connectivity index (χ3v) is 2.68. The van der Waals surface area contributed by atoms with Gasteiger partial charge in [-0.25, -0.2) is 0 Å². The molecule has 0 radical (unpaired) electrons. The number of allylic oxidation sites excluding steroid dienone is 1. The molecule has 0 bridgehead atoms. The van der Waals surface area contributed by atoms with Gasteiger partial charge in [-0.1, -0.05) is 12.2 Å². The van der Waals surface area contributed by atoms with Crippen LogP contribution in [-0.4, -0.2) is 31.0 Å². The third-order valence-electron chi connectivity index (χ3n) is 1.50. The Morgan fingerprint density at radius 1 is 1.54 bits per heavy atom. The van der Waals surface area contributed by atoms with Gasteiger partial charge < -0.3 is 18.7 Å². The molecule has 0 aliphatic carbocycles. The van der Waals surface area contributed by atoms with Crippen LogP contribution in [0.1, 0.15) is 13.3 Å². The van der Waals surface area contributed by atoms with E-state index >= 15 is 0 Å². The second-order valence-corrected chi connectivity index (χ2v) is 3.83. The largest absolute Gasteiger partial charge is 0.389 e. The summed E-state index contributed by atoms with van der Waals surface area (Å²) < 4.78 is 15.5. The molecule has 1 N–H and O–H groups in total. The van der Waals surface area contributed by atoms with E-state index in [0.717, 1.165) is 0 Å². The summed E-state index contributed by atoms with van der Waals surface area (Å²) in [5, 5.41) is 9.28. The molecule has 0 saturated carbocycles. The van der Waals surface area contributed by atoms with Crippen LogP contribution in [-0.2, 0) is 13.6 Å². The first-order chi connectivity index (χ1) is 6.33. The Labute approximate surface area is 79.5 Å². The topological polar surface area (TPSA) is 47.9 Å². The molecule has 1 unspecified atom stereocenters. The molecule has 1 rings (SSSR count). The quantitative estimate of drug-likeness (QED) is 0.548. The van der Waals surface area contributed by atoms with Crippen LogP contribution in [0.25, 0.3) is 0 Å². The van der Waals surface area contributed by atoms with Gasteiger partial charge in [-0.3, -0.25) is 0 Å². The zero-order valence-electron chi connectivity index (χ0n) is 7.68. The van der Waals surface area contributed by atoms with Crippen molar-refractivity contribution in [3.63, 3.8) is 0 Å². The van der Waals surface area contributed by atoms with Gasteiger partial charge in [0.25, 0.3) is 0 Å². The Morgan fingerprint density at radius 3 is 2.85 bits per heavy atom. The highest BCUT2D eigenvalue weighted by atomic mass is 31.2. The summed E-state index contributed by atoms with van der Waals surface area (Å²) in [7, 11) is -1.12. The molecular formula is C8H15O4P. The van der Waals surface area contributed by atoms with E-state index in [-0.39, 0.29) is 0 Å². The molecule has 1 aliphatic rings. The van der Waals surface area contributed by atoms with Gasteiger partial charge in [-0.2, -0.15) is 0 Å². The van der Waals surface area contributed by atoms with Crippen molar-refractivity contribution < 1.29 is 18.7 Å². The zero-order valence-corrected chi connectivity index (χ0v) is 8.57. The standard InChI is InChI=1S/C8H15O4P/c1-2-3-8(9)4-5-10-13-11-6-7-12-13/h2-3,8-9H,4-7H2,1H3. The molecule has 76 valence electrons. The lowest BCUT2D eigenvalue weighted by Crippen LogP contribution is -2.05. The molecule has 1 fully saturated rings. The fourth-order valence-electron chi connectivity index (χ4n) is 0.902. The SMILES string of the molecule is CC=CC(O)CCOP1OCCO1. The Bertz CT molecular complexity index is 156. The molecule has 13 heavy (non-hydrogen) atoms. The van der Waals surface area contributed by atoms with Crippen LogP contribution >= 0.6 is 8.60 Å². The average Bonchev–Trinajstić information content (AvgIpc) is 2.57. The summed E-state index contributed by atoms with van der Waals surface area (Å²) in [6.45, 7) is 3.57. The first kappa shape index (κ1) is 11.1. The molecule has 1 atom stereocenters. The molecular weight excluding hydrogens is 191 g/mol. The molecule has 4 nitrogen and oxygen atoms in total. The first-order valence-corrected chi connectivity index (χ1v) is 5.42. The Morgan fingerprint density at radius 2 is 2.23 bits per heavy atom. The van der Waals surface area contributed by atoms with Crippen molar-refractivity contribution in [3.05, 3.63) is 12.2 Å². The smallest absolute Gasteiger partial charge is 0.332 e. The van der Waals surface area contributed by atoms with Gasteiger partial charge in [-0.15, -0.1) is 0 Å². The Balaban J connectivity index is 1.99. The predicted octanol–water partition coefficient (Wildman–Crippen LogP) is 1.60. The maximum Gasteiger partial charge on any atom is 0.332 e. The maximum atomic E-state index is 9.28. The van der Waals surface area contributed by atoms with Crippen LogP contribution in [0.4, 0.5) is 0 Å². The van der Waals surface area contributed by atoms with E-state index in [2.05, 4.69) is 0 Å². The fraction of sp³-hybridized carbons (Fsp3) is 0.750. The van der Waals surface area contributed by atoms with E-state index in [0.29, 0.717) is 26.2 Å². The lowest BCUT2D eigenvalue weighted by Gasteiger charge is -2.09. The minimum Gasteiger partial charge on any atom is -0.389 e. The van der Waals surface area contributed by atoms with Gasteiger partial charge in [0.2, 0.25) is 0 Å². The van der Waals surface area contributed by atoms with Crippen molar-refractivity contribution in [1.82, 2.24) is 0 Å².